The number of hydrogen-bond acceptors (Lipinski definition) is 5. The molecule has 6 aromatic heterocycles. The number of aryl methyl sites for hydroxylation is 4. The molecule has 0 bridgehead atoms. The van der Waals surface area contributed by atoms with Crippen LogP contribution in [0.5, 0.6) is 0 Å². The average Bonchev–Trinajstić information content (AvgIpc) is 1.63. The molecule has 91 heavy (non-hydrogen) atoms. The third kappa shape index (κ3) is 19.1. The zero-order valence-corrected chi connectivity index (χ0v) is 61.3. The smallest absolute Gasteiger partial charge is 0.166 e. The van der Waals surface area contributed by atoms with Crippen LogP contribution in [0.25, 0.3) is 0 Å². The Balaban J connectivity index is 0.000000173. The second kappa shape index (κ2) is 35.8. The molecule has 0 amide bonds. The van der Waals surface area contributed by atoms with Crippen molar-refractivity contribution in [3.63, 3.8) is 0 Å². The number of carbonyl (C=O) groups excluding carboxylic acids is 5. The fourth-order valence-corrected chi connectivity index (χ4v) is 37.7. The van der Waals surface area contributed by atoms with Crippen LogP contribution in [0.1, 0.15) is 222 Å². The molecule has 4 aromatic carbocycles. The molecule has 0 unspecified atom stereocenters. The summed E-state index contributed by atoms with van der Waals surface area (Å²) >= 11 is -5.91. The SMILES string of the molecule is CCC[CH2][Sn]([Cl])([Cl])[CH2]CCC.CCC[CH2][Sn]1([CH2]CCC)[n]2c(C=O)ccc2C(c2ccc(C)cc2)c2ccc(C=O)[n]21.Cc1ccc(C(c2ccc(C=O)[nH]2)c2ccc(C=O)[nH]2)cc1.Cc1ccc(C(c2ccc[nH]2)c2ccc[nH]2)cc1.Cc1ccc(C=O)cc1. The number of nitrogens with one attached hydrogen (secondary N) is 4. The molecule has 476 valence electrons. The number of nitrogens with zero attached hydrogens (tertiary/aromatic N) is 2. The summed E-state index contributed by atoms with van der Waals surface area (Å²) in [4.78, 5) is 69.3. The van der Waals surface area contributed by atoms with Gasteiger partial charge in [0.2, 0.25) is 0 Å². The Morgan fingerprint density at radius 1 is 0.440 bits per heavy atom. The minimum atomic E-state index is -3.42. The third-order valence-electron chi connectivity index (χ3n) is 16.9. The molecular formula is C76H90Cl2N6O5Sn2. The molecule has 7 heterocycles. The van der Waals surface area contributed by atoms with Crippen molar-refractivity contribution in [2.24, 2.45) is 0 Å². The van der Waals surface area contributed by atoms with Crippen molar-refractivity contribution in [1.82, 2.24) is 25.5 Å². The maximum absolute atomic E-state index is 12.2. The summed E-state index contributed by atoms with van der Waals surface area (Å²) in [5.74, 6) is 0.203. The molecule has 0 radical (unpaired) electrons. The van der Waals surface area contributed by atoms with Gasteiger partial charge < -0.3 is 19.9 Å². The van der Waals surface area contributed by atoms with E-state index < -0.39 is 35.0 Å². The Morgan fingerprint density at radius 3 is 1.16 bits per heavy atom. The van der Waals surface area contributed by atoms with Gasteiger partial charge in [0, 0.05) is 40.7 Å². The summed E-state index contributed by atoms with van der Waals surface area (Å²) < 4.78 is 9.45. The van der Waals surface area contributed by atoms with Gasteiger partial charge in [-0.1, -0.05) is 89.5 Å². The standard InChI is InChI=1S/2C18H16N2O2.C16H16N2.C8H8O.4C4H9.2ClH.2Sn/c2*1-12-2-4-13(5-3-12)18(16-8-6-14(10-21)19-16)17-9-7-15(11-22)20-17;1-12-6-8-13(9-7-12)16(14-4-2-10-17-14)15-5-3-11-18-15;1-7-2-4-8(6-9)5-3-7;4*1-3-4-2;;;;/h2-11,18H,1H3,(H2,19,20,21,22);2-11,18-20H,1H3;2-11,16-18H,1H3;2-6H,1H3;4*1,3-4H2,2H3;2*1H;;/q;;;;;;;;;;2*+2/p-4. The van der Waals surface area contributed by atoms with Crippen LogP contribution >= 0.6 is 17.8 Å². The monoisotopic (exact) mass is 1480 g/mol. The van der Waals surface area contributed by atoms with Crippen molar-refractivity contribution in [3.8, 4) is 0 Å². The number of fused-ring (bicyclic) bond motifs is 2. The molecule has 0 atom stereocenters. The van der Waals surface area contributed by atoms with E-state index in [1.807, 2.05) is 86.9 Å². The molecular weight excluding hydrogens is 1390 g/mol. The topological polar surface area (TPSA) is 158 Å². The van der Waals surface area contributed by atoms with Crippen LogP contribution in [0.3, 0.4) is 0 Å². The average molecular weight is 1480 g/mol. The first-order valence-corrected chi connectivity index (χ1v) is 50.0. The van der Waals surface area contributed by atoms with Crippen molar-refractivity contribution in [3.05, 3.63) is 284 Å². The van der Waals surface area contributed by atoms with E-state index in [1.54, 1.807) is 12.1 Å². The molecule has 10 aromatic rings. The number of aldehydes is 5. The van der Waals surface area contributed by atoms with E-state index in [0.29, 0.717) is 11.4 Å². The van der Waals surface area contributed by atoms with Crippen LogP contribution in [0, 0.1) is 27.7 Å². The quantitative estimate of drug-likeness (QED) is 0.0350. The molecule has 0 saturated carbocycles. The maximum atomic E-state index is 12.2. The van der Waals surface area contributed by atoms with Gasteiger partial charge in [0.1, 0.15) is 6.29 Å². The van der Waals surface area contributed by atoms with E-state index in [2.05, 4.69) is 164 Å². The summed E-state index contributed by atoms with van der Waals surface area (Å²) in [5, 5.41) is 0. The van der Waals surface area contributed by atoms with Crippen molar-refractivity contribution in [2.75, 3.05) is 0 Å². The van der Waals surface area contributed by atoms with Gasteiger partial charge in [-0.15, -0.1) is 0 Å². The largest absolute Gasteiger partial charge is 0.364 e. The Kier molecular flexibility index (Phi) is 28.1. The van der Waals surface area contributed by atoms with Crippen molar-refractivity contribution >= 4 is 84.3 Å². The first-order valence-electron chi connectivity index (χ1n) is 32.1. The molecule has 11 rings (SSSR count). The molecule has 0 aliphatic carbocycles. The Bertz CT molecular complexity index is 3650. The second-order valence-electron chi connectivity index (χ2n) is 23.8. The maximum Gasteiger partial charge on any atom is 0.166 e. The van der Waals surface area contributed by atoms with Crippen molar-refractivity contribution < 1.29 is 24.0 Å². The van der Waals surface area contributed by atoms with Gasteiger partial charge in [-0.05, 0) is 80.4 Å². The van der Waals surface area contributed by atoms with Gasteiger partial charge >= 0.3 is 273 Å². The zero-order chi connectivity index (χ0) is 65.3. The van der Waals surface area contributed by atoms with Gasteiger partial charge in [0.15, 0.2) is 12.6 Å². The van der Waals surface area contributed by atoms with Gasteiger partial charge in [-0.3, -0.25) is 14.4 Å². The summed E-state index contributed by atoms with van der Waals surface area (Å²) in [6.07, 6.45) is 17.8. The van der Waals surface area contributed by atoms with Gasteiger partial charge in [-0.25, -0.2) is 0 Å². The van der Waals surface area contributed by atoms with Crippen LogP contribution in [-0.2, 0) is 0 Å². The number of halogens is 2. The number of unbranched alkanes of at least 4 members (excludes halogenated alkanes) is 4. The summed E-state index contributed by atoms with van der Waals surface area (Å²) in [5.41, 5.74) is 18.6. The second-order valence-corrected chi connectivity index (χ2v) is 53.6. The van der Waals surface area contributed by atoms with E-state index in [1.165, 1.54) is 81.8 Å². The normalized spacial score (nSPS) is 12.2. The first kappa shape index (κ1) is 71.5. The number of carbonyl (C=O) groups is 5. The first-order chi connectivity index (χ1) is 44.1. The Morgan fingerprint density at radius 2 is 0.824 bits per heavy atom. The number of H-pyrrole nitrogens is 4. The van der Waals surface area contributed by atoms with Crippen molar-refractivity contribution in [2.45, 2.75) is 142 Å². The fourth-order valence-electron chi connectivity index (χ4n) is 12.0. The van der Waals surface area contributed by atoms with Crippen LogP contribution in [0.15, 0.2) is 182 Å². The molecule has 11 nitrogen and oxygen atoms in total. The van der Waals surface area contributed by atoms with Crippen LogP contribution in [-0.4, -0.2) is 92.0 Å². The van der Waals surface area contributed by atoms with Crippen LogP contribution < -0.4 is 0 Å². The molecule has 4 N–H and O–H groups in total. The zero-order valence-electron chi connectivity index (χ0n) is 54.1. The third-order valence-corrected chi connectivity index (χ3v) is 42.4. The van der Waals surface area contributed by atoms with E-state index in [9.17, 15) is 24.0 Å². The number of benzene rings is 4. The molecule has 0 spiro atoms. The minimum Gasteiger partial charge on any atom is -0.364 e. The van der Waals surface area contributed by atoms with Crippen LogP contribution in [0.2, 0.25) is 17.7 Å². The van der Waals surface area contributed by atoms with Crippen molar-refractivity contribution in [1.29, 1.82) is 0 Å². The number of rotatable bonds is 24. The summed E-state index contributed by atoms with van der Waals surface area (Å²) in [7, 11) is 12.5. The Hall–Kier alpha value is -6.91. The number of hydrogen-bond donors (Lipinski definition) is 4. The van der Waals surface area contributed by atoms with E-state index in [4.69, 9.17) is 17.8 Å². The number of aromatic nitrogens is 6. The molecule has 0 saturated heterocycles. The summed E-state index contributed by atoms with van der Waals surface area (Å²) in [6, 6.07) is 57.0. The fraction of sp³-hybridized carbons (Fsp3) is 0.303. The molecule has 0 fully saturated rings. The van der Waals surface area contributed by atoms with Gasteiger partial charge in [0.25, 0.3) is 0 Å². The van der Waals surface area contributed by atoms with E-state index in [-0.39, 0.29) is 17.8 Å². The number of aromatic amines is 4. The minimum absolute atomic E-state index is 0.0380. The predicted octanol–water partition coefficient (Wildman–Crippen LogP) is 19.8. The van der Waals surface area contributed by atoms with Crippen LogP contribution in [0.4, 0.5) is 0 Å². The van der Waals surface area contributed by atoms with Gasteiger partial charge in [-0.2, -0.15) is 0 Å². The summed E-state index contributed by atoms with van der Waals surface area (Å²) in [6.45, 7) is 17.1. The Labute approximate surface area is 555 Å². The van der Waals surface area contributed by atoms with E-state index >= 15 is 0 Å². The molecule has 1 aliphatic heterocycles. The van der Waals surface area contributed by atoms with E-state index in [0.717, 1.165) is 109 Å². The van der Waals surface area contributed by atoms with Gasteiger partial charge in [0.05, 0.1) is 23.2 Å². The molecule has 1 aliphatic rings. The predicted molar refractivity (Wildman–Crippen MR) is 379 cm³/mol. The molecule has 15 heteroatoms.